The zero-order chi connectivity index (χ0) is 22.1. The van der Waals surface area contributed by atoms with Gasteiger partial charge in [-0.3, -0.25) is 9.69 Å². The van der Waals surface area contributed by atoms with Crippen LogP contribution in [0.25, 0.3) is 0 Å². The number of Topliss-reactive ketones (excluding diaryl/α,β-unsaturated/α-hetero) is 1. The highest BCUT2D eigenvalue weighted by atomic mass is 35.5. The fourth-order valence-electron chi connectivity index (χ4n) is 4.42. The number of amides is 2. The van der Waals surface area contributed by atoms with Gasteiger partial charge in [-0.1, -0.05) is 54.1 Å². The molecule has 1 aliphatic carbocycles. The van der Waals surface area contributed by atoms with Gasteiger partial charge in [0.1, 0.15) is 0 Å². The number of allylic oxidation sites excluding steroid dienone is 1. The van der Waals surface area contributed by atoms with Crippen molar-refractivity contribution in [2.75, 3.05) is 15.5 Å². The van der Waals surface area contributed by atoms with Gasteiger partial charge in [-0.05, 0) is 54.8 Å². The number of hydrogen-bond donors (Lipinski definition) is 2. The second kappa shape index (κ2) is 8.52. The quantitative estimate of drug-likeness (QED) is 0.472. The first-order chi connectivity index (χ1) is 15.6. The first kappa shape index (κ1) is 20.3. The molecular weight excluding hydrogens is 422 g/mol. The maximum Gasteiger partial charge on any atom is 0.327 e. The molecular formula is C26H22ClN3O2. The average molecular weight is 444 g/mol. The maximum absolute atomic E-state index is 13.7. The van der Waals surface area contributed by atoms with E-state index in [4.69, 9.17) is 11.6 Å². The Morgan fingerprint density at radius 1 is 0.938 bits per heavy atom. The van der Waals surface area contributed by atoms with E-state index < -0.39 is 6.04 Å². The molecule has 5 rings (SSSR count). The van der Waals surface area contributed by atoms with Crippen LogP contribution in [-0.4, -0.2) is 11.8 Å². The summed E-state index contributed by atoms with van der Waals surface area (Å²) in [7, 11) is 0. The molecule has 32 heavy (non-hydrogen) atoms. The van der Waals surface area contributed by atoms with Gasteiger partial charge in [-0.2, -0.15) is 0 Å². The Morgan fingerprint density at radius 2 is 1.66 bits per heavy atom. The molecule has 0 unspecified atom stereocenters. The summed E-state index contributed by atoms with van der Waals surface area (Å²) < 4.78 is 0. The largest absolute Gasteiger partial charge is 0.357 e. The summed E-state index contributed by atoms with van der Waals surface area (Å²) in [6.45, 7) is 0. The molecule has 2 N–H and O–H groups in total. The maximum atomic E-state index is 13.7. The van der Waals surface area contributed by atoms with Crippen LogP contribution in [0.15, 0.2) is 90.1 Å². The minimum Gasteiger partial charge on any atom is -0.357 e. The monoisotopic (exact) mass is 443 g/mol. The number of rotatable bonds is 2. The molecule has 0 radical (unpaired) electrons. The van der Waals surface area contributed by atoms with Crippen LogP contribution in [0.4, 0.5) is 21.9 Å². The standard InChI is InChI=1S/C26H22ClN3O2/c27-18-15-13-17(14-16-18)25-24-21(10-6-12-23(24)31)29-20-9-4-5-11-22(20)30(25)26(32)28-19-7-2-1-3-8-19/h1-5,7-9,11,13-16,25,29H,6,10,12H2,(H,28,32)/t25-/m0/s1. The number of hydrogen-bond acceptors (Lipinski definition) is 3. The number of carbonyl (C=O) groups excluding carboxylic acids is 2. The summed E-state index contributed by atoms with van der Waals surface area (Å²) in [4.78, 5) is 28.7. The van der Waals surface area contributed by atoms with Gasteiger partial charge in [0.15, 0.2) is 5.78 Å². The van der Waals surface area contributed by atoms with Crippen LogP contribution in [0.3, 0.4) is 0 Å². The molecule has 0 saturated carbocycles. The van der Waals surface area contributed by atoms with Crippen molar-refractivity contribution in [1.29, 1.82) is 0 Å². The lowest BCUT2D eigenvalue weighted by molar-refractivity contribution is -0.116. The van der Waals surface area contributed by atoms with Crippen LogP contribution in [0.5, 0.6) is 0 Å². The van der Waals surface area contributed by atoms with Crippen molar-refractivity contribution < 1.29 is 9.59 Å². The topological polar surface area (TPSA) is 61.4 Å². The van der Waals surface area contributed by atoms with E-state index in [1.807, 2.05) is 66.7 Å². The van der Waals surface area contributed by atoms with Crippen LogP contribution in [-0.2, 0) is 4.79 Å². The van der Waals surface area contributed by atoms with Crippen LogP contribution in [0.2, 0.25) is 5.02 Å². The van der Waals surface area contributed by atoms with Crippen molar-refractivity contribution in [2.24, 2.45) is 0 Å². The van der Waals surface area contributed by atoms with E-state index in [1.165, 1.54) is 0 Å². The summed E-state index contributed by atoms with van der Waals surface area (Å²) in [5, 5.41) is 7.07. The van der Waals surface area contributed by atoms with Crippen molar-refractivity contribution in [3.8, 4) is 0 Å². The molecule has 2 amide bonds. The first-order valence-electron chi connectivity index (χ1n) is 10.6. The highest BCUT2D eigenvalue weighted by Gasteiger charge is 2.39. The lowest BCUT2D eigenvalue weighted by atomic mass is 9.86. The van der Waals surface area contributed by atoms with Crippen LogP contribution < -0.4 is 15.5 Å². The molecule has 0 bridgehead atoms. The summed E-state index contributed by atoms with van der Waals surface area (Å²) in [6, 6.07) is 23.5. The highest BCUT2D eigenvalue weighted by Crippen LogP contribution is 2.45. The summed E-state index contributed by atoms with van der Waals surface area (Å²) in [5.74, 6) is 0.0593. The van der Waals surface area contributed by atoms with Gasteiger partial charge >= 0.3 is 6.03 Å². The summed E-state index contributed by atoms with van der Waals surface area (Å²) >= 11 is 6.15. The lowest BCUT2D eigenvalue weighted by Gasteiger charge is -2.34. The molecule has 1 atom stereocenters. The lowest BCUT2D eigenvalue weighted by Crippen LogP contribution is -2.40. The molecule has 2 aliphatic rings. The Bertz CT molecular complexity index is 1210. The molecule has 3 aromatic rings. The molecule has 5 nitrogen and oxygen atoms in total. The predicted molar refractivity (Wildman–Crippen MR) is 128 cm³/mol. The number of anilines is 3. The van der Waals surface area contributed by atoms with Gasteiger partial charge < -0.3 is 10.6 Å². The van der Waals surface area contributed by atoms with Crippen molar-refractivity contribution in [3.05, 3.63) is 101 Å². The van der Waals surface area contributed by atoms with Gasteiger partial charge in [-0.15, -0.1) is 0 Å². The predicted octanol–water partition coefficient (Wildman–Crippen LogP) is 6.55. The Hall–Kier alpha value is -3.57. The molecule has 6 heteroatoms. The Kier molecular flexibility index (Phi) is 5.41. The van der Waals surface area contributed by atoms with Gasteiger partial charge in [0.05, 0.1) is 17.4 Å². The van der Waals surface area contributed by atoms with Crippen LogP contribution in [0, 0.1) is 0 Å². The zero-order valence-corrected chi connectivity index (χ0v) is 18.1. The number of para-hydroxylation sites is 3. The number of fused-ring (bicyclic) bond motifs is 1. The number of benzene rings is 3. The Labute approximate surface area is 191 Å². The summed E-state index contributed by atoms with van der Waals surface area (Å²) in [6.07, 6.45) is 2.01. The number of carbonyl (C=O) groups is 2. The summed E-state index contributed by atoms with van der Waals surface area (Å²) in [5.41, 5.74) is 4.55. The highest BCUT2D eigenvalue weighted by molar-refractivity contribution is 6.30. The van der Waals surface area contributed by atoms with E-state index in [0.29, 0.717) is 28.4 Å². The van der Waals surface area contributed by atoms with E-state index in [2.05, 4.69) is 10.6 Å². The third-order valence-electron chi connectivity index (χ3n) is 5.87. The normalized spacial score (nSPS) is 17.7. The first-order valence-corrected chi connectivity index (χ1v) is 11.0. The number of nitrogens with zero attached hydrogens (tertiary/aromatic N) is 1. The number of nitrogens with one attached hydrogen (secondary N) is 2. The van der Waals surface area contributed by atoms with Crippen LogP contribution >= 0.6 is 11.6 Å². The smallest absolute Gasteiger partial charge is 0.327 e. The third kappa shape index (κ3) is 3.76. The average Bonchev–Trinajstić information content (AvgIpc) is 2.95. The molecule has 1 aliphatic heterocycles. The molecule has 0 spiro atoms. The SMILES string of the molecule is O=C1CCCC2=C1[C@H](c1ccc(Cl)cc1)N(C(=O)Nc1ccccc1)c1ccccc1N2. The van der Waals surface area contributed by atoms with E-state index >= 15 is 0 Å². The second-order valence-electron chi connectivity index (χ2n) is 7.93. The van der Waals surface area contributed by atoms with E-state index in [0.717, 1.165) is 29.8 Å². The molecule has 160 valence electrons. The molecule has 0 saturated heterocycles. The van der Waals surface area contributed by atoms with Crippen molar-refractivity contribution in [1.82, 2.24) is 0 Å². The molecule has 1 heterocycles. The number of ketones is 1. The Balaban J connectivity index is 1.70. The van der Waals surface area contributed by atoms with Gasteiger partial charge in [0.25, 0.3) is 0 Å². The number of urea groups is 1. The minimum atomic E-state index is -0.574. The van der Waals surface area contributed by atoms with Gasteiger partial charge in [0.2, 0.25) is 0 Å². The molecule has 0 fully saturated rings. The van der Waals surface area contributed by atoms with E-state index in [1.54, 1.807) is 17.0 Å². The minimum absolute atomic E-state index is 0.0593. The molecule has 0 aromatic heterocycles. The fraction of sp³-hybridized carbons (Fsp3) is 0.154. The third-order valence-corrected chi connectivity index (χ3v) is 6.12. The van der Waals surface area contributed by atoms with Crippen molar-refractivity contribution in [2.45, 2.75) is 25.3 Å². The fourth-order valence-corrected chi connectivity index (χ4v) is 4.55. The van der Waals surface area contributed by atoms with Crippen molar-refractivity contribution in [3.63, 3.8) is 0 Å². The number of halogens is 1. The van der Waals surface area contributed by atoms with Crippen molar-refractivity contribution >= 4 is 40.5 Å². The van der Waals surface area contributed by atoms with Gasteiger partial charge in [-0.25, -0.2) is 4.79 Å². The van der Waals surface area contributed by atoms with E-state index in [9.17, 15) is 9.59 Å². The molecule has 3 aromatic carbocycles. The van der Waals surface area contributed by atoms with E-state index in [-0.39, 0.29) is 11.8 Å². The van der Waals surface area contributed by atoms with Crippen LogP contribution in [0.1, 0.15) is 30.9 Å². The van der Waals surface area contributed by atoms with Gasteiger partial charge in [0, 0.05) is 28.4 Å². The zero-order valence-electron chi connectivity index (χ0n) is 17.3. The Morgan fingerprint density at radius 3 is 2.44 bits per heavy atom. The second-order valence-corrected chi connectivity index (χ2v) is 8.37.